The Labute approximate surface area is 175 Å². The second-order valence-electron chi connectivity index (χ2n) is 6.54. The van der Waals surface area contributed by atoms with Gasteiger partial charge in [-0.3, -0.25) is 0 Å². The lowest BCUT2D eigenvalue weighted by Crippen LogP contribution is -2.28. The van der Waals surface area contributed by atoms with Crippen molar-refractivity contribution >= 4 is 53.7 Å². The van der Waals surface area contributed by atoms with E-state index in [4.69, 9.17) is 10.8 Å². The summed E-state index contributed by atoms with van der Waals surface area (Å²) in [6.45, 7) is 0.992. The summed E-state index contributed by atoms with van der Waals surface area (Å²) in [6.07, 6.45) is 2.41. The zero-order valence-electron chi connectivity index (χ0n) is 14.8. The lowest BCUT2D eigenvalue weighted by molar-refractivity contribution is 0.158. The van der Waals surface area contributed by atoms with Crippen LogP contribution in [0.4, 0.5) is 0 Å². The summed E-state index contributed by atoms with van der Waals surface area (Å²) in [7, 11) is 0. The zero-order valence-corrected chi connectivity index (χ0v) is 18.0. The molecule has 0 spiro atoms. The highest BCUT2D eigenvalue weighted by atomic mass is 79.9. The van der Waals surface area contributed by atoms with Crippen LogP contribution < -0.4 is 11.1 Å². The molecule has 1 atom stereocenters. The highest BCUT2D eigenvalue weighted by molar-refractivity contribution is 9.10. The van der Waals surface area contributed by atoms with Gasteiger partial charge in [-0.1, -0.05) is 31.9 Å². The van der Waals surface area contributed by atoms with Crippen molar-refractivity contribution in [1.82, 2.24) is 9.88 Å². The van der Waals surface area contributed by atoms with Crippen LogP contribution in [0.5, 0.6) is 0 Å². The summed E-state index contributed by atoms with van der Waals surface area (Å²) in [6, 6.07) is 12.4. The molecule has 2 aromatic carbocycles. The van der Waals surface area contributed by atoms with Gasteiger partial charge in [0.2, 0.25) is 0 Å². The third-order valence-electron chi connectivity index (χ3n) is 4.45. The van der Waals surface area contributed by atoms with Gasteiger partial charge in [0.15, 0.2) is 0 Å². The Hall–Kier alpha value is -1.54. The smallest absolute Gasteiger partial charge is 0.0891 e. The minimum atomic E-state index is -0.571. The molecule has 7 heteroatoms. The van der Waals surface area contributed by atoms with E-state index in [-0.39, 0.29) is 6.61 Å². The molecule has 0 fully saturated rings. The number of benzene rings is 2. The van der Waals surface area contributed by atoms with E-state index in [2.05, 4.69) is 66.0 Å². The Balaban J connectivity index is 1.81. The van der Waals surface area contributed by atoms with Gasteiger partial charge in [-0.2, -0.15) is 0 Å². The summed E-state index contributed by atoms with van der Waals surface area (Å²) in [5, 5.41) is 24.7. The number of hydrogen-bond acceptors (Lipinski definition) is 4. The predicted octanol–water partition coefficient (Wildman–Crippen LogP) is 3.84. The van der Waals surface area contributed by atoms with Crippen molar-refractivity contribution in [3.8, 4) is 0 Å². The average Bonchev–Trinajstić information content (AvgIpc) is 2.92. The molecule has 0 saturated carbocycles. The van der Waals surface area contributed by atoms with Gasteiger partial charge in [0.05, 0.1) is 12.6 Å². The molecule has 27 heavy (non-hydrogen) atoms. The predicted molar refractivity (Wildman–Crippen MR) is 117 cm³/mol. The van der Waals surface area contributed by atoms with Crippen molar-refractivity contribution in [2.45, 2.75) is 25.5 Å². The summed E-state index contributed by atoms with van der Waals surface area (Å²) in [5.41, 5.74) is 8.69. The molecule has 3 aromatic rings. The van der Waals surface area contributed by atoms with Crippen LogP contribution in [-0.4, -0.2) is 34.0 Å². The van der Waals surface area contributed by atoms with E-state index in [9.17, 15) is 5.11 Å². The third-order valence-corrected chi connectivity index (χ3v) is 5.43. The Morgan fingerprint density at radius 3 is 2.26 bits per heavy atom. The molecular formula is C20H23Br2N3O2. The highest BCUT2D eigenvalue weighted by Gasteiger charge is 2.14. The third kappa shape index (κ3) is 4.85. The standard InChI is InChI=1S/C20H23Br2N3O2/c21-13-3-5-19-17(8-13)18-9-14(22)4-6-20(18)25(19)12-16(27)11-24-10-15(23)2-1-7-26/h3-6,8-10,16,24,26-27H,1-2,7,11-12,23H2/b15-10-. The molecule has 0 amide bonds. The monoisotopic (exact) mass is 495 g/mol. The van der Waals surface area contributed by atoms with Crippen molar-refractivity contribution < 1.29 is 10.2 Å². The molecule has 0 aliphatic carbocycles. The van der Waals surface area contributed by atoms with Gasteiger partial charge in [0, 0.05) is 55.8 Å². The number of aromatic nitrogens is 1. The number of nitrogens with one attached hydrogen (secondary N) is 1. The molecule has 5 N–H and O–H groups in total. The molecule has 0 aliphatic heterocycles. The van der Waals surface area contributed by atoms with Gasteiger partial charge >= 0.3 is 0 Å². The maximum Gasteiger partial charge on any atom is 0.0891 e. The number of aliphatic hydroxyl groups is 2. The van der Waals surface area contributed by atoms with Crippen LogP contribution in [0.3, 0.4) is 0 Å². The van der Waals surface area contributed by atoms with E-state index in [1.807, 2.05) is 12.1 Å². The molecular weight excluding hydrogens is 474 g/mol. The van der Waals surface area contributed by atoms with Crippen LogP contribution in [0.1, 0.15) is 12.8 Å². The molecule has 1 heterocycles. The summed E-state index contributed by atoms with van der Waals surface area (Å²) in [5.74, 6) is 0. The number of nitrogens with zero attached hydrogens (tertiary/aromatic N) is 1. The molecule has 0 aliphatic rings. The van der Waals surface area contributed by atoms with E-state index < -0.39 is 6.10 Å². The first-order valence-corrected chi connectivity index (χ1v) is 10.4. The Morgan fingerprint density at radius 1 is 1.11 bits per heavy atom. The lowest BCUT2D eigenvalue weighted by Gasteiger charge is -2.14. The van der Waals surface area contributed by atoms with Crippen LogP contribution in [0, 0.1) is 0 Å². The van der Waals surface area contributed by atoms with Crippen molar-refractivity contribution in [2.75, 3.05) is 13.2 Å². The Morgan fingerprint density at radius 2 is 1.70 bits per heavy atom. The fourth-order valence-electron chi connectivity index (χ4n) is 3.20. The fourth-order valence-corrected chi connectivity index (χ4v) is 3.92. The molecule has 0 radical (unpaired) electrons. The molecule has 0 saturated heterocycles. The number of fused-ring (bicyclic) bond motifs is 3. The minimum absolute atomic E-state index is 0.122. The first-order chi connectivity index (χ1) is 13.0. The number of nitrogens with two attached hydrogens (primary N) is 1. The van der Waals surface area contributed by atoms with Crippen LogP contribution in [-0.2, 0) is 6.54 Å². The van der Waals surface area contributed by atoms with Gasteiger partial charge in [-0.25, -0.2) is 0 Å². The Bertz CT molecular complexity index is 909. The minimum Gasteiger partial charge on any atom is -0.401 e. The summed E-state index contributed by atoms with van der Waals surface area (Å²) in [4.78, 5) is 0. The van der Waals surface area contributed by atoms with E-state index in [0.29, 0.717) is 31.6 Å². The molecule has 5 nitrogen and oxygen atoms in total. The summed E-state index contributed by atoms with van der Waals surface area (Å²) >= 11 is 7.10. The highest BCUT2D eigenvalue weighted by Crippen LogP contribution is 2.33. The van der Waals surface area contributed by atoms with E-state index in [1.165, 1.54) is 0 Å². The lowest BCUT2D eigenvalue weighted by atomic mass is 10.2. The van der Waals surface area contributed by atoms with Gasteiger partial charge in [-0.15, -0.1) is 0 Å². The largest absolute Gasteiger partial charge is 0.401 e. The second kappa shape index (κ2) is 9.10. The zero-order chi connectivity index (χ0) is 19.4. The van der Waals surface area contributed by atoms with Gasteiger partial charge in [0.1, 0.15) is 0 Å². The molecule has 3 rings (SSSR count). The second-order valence-corrected chi connectivity index (χ2v) is 8.37. The van der Waals surface area contributed by atoms with Crippen LogP contribution in [0.25, 0.3) is 21.8 Å². The van der Waals surface area contributed by atoms with Gasteiger partial charge < -0.3 is 25.8 Å². The quantitative estimate of drug-likeness (QED) is 0.381. The summed E-state index contributed by atoms with van der Waals surface area (Å²) < 4.78 is 4.20. The number of allylic oxidation sites excluding steroid dienone is 1. The molecule has 1 aromatic heterocycles. The van der Waals surface area contributed by atoms with Gasteiger partial charge in [0.25, 0.3) is 0 Å². The number of halogens is 2. The normalized spacial score (nSPS) is 13.4. The SMILES string of the molecule is N/C(=C\NCC(O)Cn1c2ccc(Br)cc2c2cc(Br)ccc21)CCCO. The van der Waals surface area contributed by atoms with Crippen LogP contribution >= 0.6 is 31.9 Å². The van der Waals surface area contributed by atoms with E-state index in [0.717, 1.165) is 30.8 Å². The number of aliphatic hydroxyl groups excluding tert-OH is 2. The molecule has 1 unspecified atom stereocenters. The van der Waals surface area contributed by atoms with Crippen molar-refractivity contribution in [1.29, 1.82) is 0 Å². The van der Waals surface area contributed by atoms with Crippen molar-refractivity contribution in [2.24, 2.45) is 5.73 Å². The van der Waals surface area contributed by atoms with Crippen molar-refractivity contribution in [3.05, 3.63) is 57.2 Å². The number of hydrogen-bond donors (Lipinski definition) is 4. The molecule has 0 bridgehead atoms. The van der Waals surface area contributed by atoms with Gasteiger partial charge in [-0.05, 0) is 49.2 Å². The van der Waals surface area contributed by atoms with Crippen LogP contribution in [0.2, 0.25) is 0 Å². The maximum atomic E-state index is 10.5. The van der Waals surface area contributed by atoms with Crippen LogP contribution in [0.15, 0.2) is 57.2 Å². The van der Waals surface area contributed by atoms with E-state index in [1.54, 1.807) is 6.20 Å². The maximum absolute atomic E-state index is 10.5. The average molecular weight is 497 g/mol. The first-order valence-electron chi connectivity index (χ1n) is 8.83. The fraction of sp³-hybridized carbons (Fsp3) is 0.300. The van der Waals surface area contributed by atoms with E-state index >= 15 is 0 Å². The van der Waals surface area contributed by atoms with Crippen molar-refractivity contribution in [3.63, 3.8) is 0 Å². The number of rotatable bonds is 8. The topological polar surface area (TPSA) is 83.4 Å². The first kappa shape index (κ1) is 20.2. The molecule has 144 valence electrons. The Kier molecular flexibility index (Phi) is 6.81.